The average Bonchev–Trinajstić information content (AvgIpc) is 2.71. The third kappa shape index (κ3) is 5.91. The molecule has 0 fully saturated rings. The third-order valence-electron chi connectivity index (χ3n) is 4.84. The van der Waals surface area contributed by atoms with E-state index in [0.29, 0.717) is 12.1 Å². The molecule has 0 saturated heterocycles. The van der Waals surface area contributed by atoms with E-state index in [4.69, 9.17) is 0 Å². The van der Waals surface area contributed by atoms with Crippen LogP contribution < -0.4 is 0 Å². The number of carbonyl (C=O) groups is 3. The summed E-state index contributed by atoms with van der Waals surface area (Å²) in [6.07, 6.45) is 0.235. The van der Waals surface area contributed by atoms with Crippen molar-refractivity contribution < 1.29 is 19.5 Å². The van der Waals surface area contributed by atoms with Crippen molar-refractivity contribution >= 4 is 17.8 Å². The maximum atomic E-state index is 12.8. The summed E-state index contributed by atoms with van der Waals surface area (Å²) < 4.78 is 0. The SMILES string of the molecule is CC(C)C(=O)N(C)Cc1ccc(C(=O)N(C)C(Cc2ccccc2)C(=O)O)cc1. The monoisotopic (exact) mass is 396 g/mol. The fourth-order valence-electron chi connectivity index (χ4n) is 3.12. The molecule has 1 atom stereocenters. The summed E-state index contributed by atoms with van der Waals surface area (Å²) in [7, 11) is 3.25. The number of benzene rings is 2. The van der Waals surface area contributed by atoms with Gasteiger partial charge in [-0.05, 0) is 23.3 Å². The van der Waals surface area contributed by atoms with Crippen molar-refractivity contribution in [1.29, 1.82) is 0 Å². The summed E-state index contributed by atoms with van der Waals surface area (Å²) >= 11 is 0. The molecular weight excluding hydrogens is 368 g/mol. The second-order valence-corrected chi connectivity index (χ2v) is 7.51. The molecule has 154 valence electrons. The first kappa shape index (κ1) is 22.1. The number of carboxylic acids is 1. The number of nitrogens with zero attached hydrogens (tertiary/aromatic N) is 2. The van der Waals surface area contributed by atoms with Gasteiger partial charge in [0.15, 0.2) is 0 Å². The summed E-state index contributed by atoms with van der Waals surface area (Å²) in [5.41, 5.74) is 2.17. The minimum absolute atomic E-state index is 0.0510. The summed E-state index contributed by atoms with van der Waals surface area (Å²) in [4.78, 5) is 39.5. The number of likely N-dealkylation sites (N-methyl/N-ethyl adjacent to an activating group) is 1. The molecule has 2 amide bonds. The Balaban J connectivity index is 2.09. The highest BCUT2D eigenvalue weighted by Crippen LogP contribution is 2.14. The smallest absolute Gasteiger partial charge is 0.326 e. The van der Waals surface area contributed by atoms with Gasteiger partial charge in [-0.15, -0.1) is 0 Å². The van der Waals surface area contributed by atoms with Crippen molar-refractivity contribution in [2.75, 3.05) is 14.1 Å². The number of carboxylic acid groups (broad SMARTS) is 1. The molecule has 2 aromatic rings. The van der Waals surface area contributed by atoms with Crippen LogP contribution in [-0.4, -0.2) is 52.8 Å². The number of amides is 2. The molecule has 0 aliphatic heterocycles. The van der Waals surface area contributed by atoms with Crippen LogP contribution in [0.3, 0.4) is 0 Å². The lowest BCUT2D eigenvalue weighted by molar-refractivity contribution is -0.142. The Morgan fingerprint density at radius 1 is 0.897 bits per heavy atom. The molecule has 1 unspecified atom stereocenters. The van der Waals surface area contributed by atoms with Gasteiger partial charge < -0.3 is 14.9 Å². The summed E-state index contributed by atoms with van der Waals surface area (Å²) in [5.74, 6) is -1.43. The van der Waals surface area contributed by atoms with Gasteiger partial charge in [0.2, 0.25) is 5.91 Å². The highest BCUT2D eigenvalue weighted by Gasteiger charge is 2.27. The molecule has 0 aliphatic carbocycles. The molecule has 0 heterocycles. The van der Waals surface area contributed by atoms with E-state index < -0.39 is 12.0 Å². The standard InChI is InChI=1S/C23H28N2O4/c1-16(2)21(26)24(3)15-18-10-12-19(13-11-18)22(27)25(4)20(23(28)29)14-17-8-6-5-7-9-17/h5-13,16,20H,14-15H2,1-4H3,(H,28,29). The van der Waals surface area contributed by atoms with E-state index in [2.05, 4.69) is 0 Å². The minimum Gasteiger partial charge on any atom is -0.480 e. The molecule has 0 spiro atoms. The van der Waals surface area contributed by atoms with Crippen LogP contribution >= 0.6 is 0 Å². The lowest BCUT2D eigenvalue weighted by Crippen LogP contribution is -2.43. The Morgan fingerprint density at radius 3 is 2.00 bits per heavy atom. The largest absolute Gasteiger partial charge is 0.480 e. The maximum Gasteiger partial charge on any atom is 0.326 e. The van der Waals surface area contributed by atoms with Crippen molar-refractivity contribution in [1.82, 2.24) is 9.80 Å². The Labute approximate surface area is 171 Å². The van der Waals surface area contributed by atoms with Crippen LogP contribution in [0.1, 0.15) is 35.3 Å². The van der Waals surface area contributed by atoms with E-state index in [1.807, 2.05) is 44.2 Å². The number of rotatable bonds is 8. The zero-order valence-corrected chi connectivity index (χ0v) is 17.3. The van der Waals surface area contributed by atoms with Crippen LogP contribution in [0.5, 0.6) is 0 Å². The van der Waals surface area contributed by atoms with E-state index in [9.17, 15) is 19.5 Å². The van der Waals surface area contributed by atoms with Crippen LogP contribution in [0.25, 0.3) is 0 Å². The van der Waals surface area contributed by atoms with E-state index in [1.54, 1.807) is 36.2 Å². The topological polar surface area (TPSA) is 77.9 Å². The fraction of sp³-hybridized carbons (Fsp3) is 0.348. The molecule has 2 rings (SSSR count). The highest BCUT2D eigenvalue weighted by atomic mass is 16.4. The van der Waals surface area contributed by atoms with Crippen molar-refractivity contribution in [3.8, 4) is 0 Å². The number of hydrogen-bond acceptors (Lipinski definition) is 3. The number of hydrogen-bond donors (Lipinski definition) is 1. The lowest BCUT2D eigenvalue weighted by atomic mass is 10.0. The Bertz CT molecular complexity index is 847. The van der Waals surface area contributed by atoms with Gasteiger partial charge in [0, 0.05) is 38.5 Å². The van der Waals surface area contributed by atoms with Gasteiger partial charge in [-0.25, -0.2) is 4.79 Å². The molecule has 6 nitrogen and oxygen atoms in total. The summed E-state index contributed by atoms with van der Waals surface area (Å²) in [6.45, 7) is 4.16. The molecule has 0 radical (unpaired) electrons. The van der Waals surface area contributed by atoms with Gasteiger partial charge in [-0.1, -0.05) is 56.3 Å². The van der Waals surface area contributed by atoms with Gasteiger partial charge in [-0.2, -0.15) is 0 Å². The van der Waals surface area contributed by atoms with Gasteiger partial charge in [0.1, 0.15) is 6.04 Å². The maximum absolute atomic E-state index is 12.8. The van der Waals surface area contributed by atoms with Crippen molar-refractivity contribution in [2.45, 2.75) is 32.9 Å². The molecule has 0 aliphatic rings. The van der Waals surface area contributed by atoms with E-state index in [-0.39, 0.29) is 24.2 Å². The second-order valence-electron chi connectivity index (χ2n) is 7.51. The zero-order chi connectivity index (χ0) is 21.6. The quantitative estimate of drug-likeness (QED) is 0.744. The Hall–Kier alpha value is -3.15. The number of carbonyl (C=O) groups excluding carboxylic acids is 2. The fourth-order valence-corrected chi connectivity index (χ4v) is 3.12. The third-order valence-corrected chi connectivity index (χ3v) is 4.84. The lowest BCUT2D eigenvalue weighted by Gasteiger charge is -2.25. The van der Waals surface area contributed by atoms with Crippen LogP contribution in [0.15, 0.2) is 54.6 Å². The molecule has 0 saturated carbocycles. The first-order valence-corrected chi connectivity index (χ1v) is 9.58. The van der Waals surface area contributed by atoms with Crippen molar-refractivity contribution in [3.63, 3.8) is 0 Å². The number of aliphatic carboxylic acids is 1. The van der Waals surface area contributed by atoms with Crippen LogP contribution in [0, 0.1) is 5.92 Å². The average molecular weight is 396 g/mol. The zero-order valence-electron chi connectivity index (χ0n) is 17.3. The Morgan fingerprint density at radius 2 is 1.48 bits per heavy atom. The molecule has 29 heavy (non-hydrogen) atoms. The van der Waals surface area contributed by atoms with Crippen LogP contribution in [-0.2, 0) is 22.6 Å². The molecule has 0 bridgehead atoms. The Kier molecular flexibility index (Phi) is 7.53. The molecule has 1 N–H and O–H groups in total. The van der Waals surface area contributed by atoms with Crippen molar-refractivity contribution in [2.24, 2.45) is 5.92 Å². The minimum atomic E-state index is -1.05. The first-order valence-electron chi connectivity index (χ1n) is 9.58. The molecular formula is C23H28N2O4. The predicted octanol–water partition coefficient (Wildman–Crippen LogP) is 3.07. The van der Waals surface area contributed by atoms with Crippen LogP contribution in [0.2, 0.25) is 0 Å². The van der Waals surface area contributed by atoms with Crippen molar-refractivity contribution in [3.05, 3.63) is 71.3 Å². The first-order chi connectivity index (χ1) is 13.7. The van der Waals surface area contributed by atoms with E-state index >= 15 is 0 Å². The molecule has 2 aromatic carbocycles. The summed E-state index contributed by atoms with van der Waals surface area (Å²) in [5, 5.41) is 9.61. The molecule has 0 aromatic heterocycles. The van der Waals surface area contributed by atoms with Gasteiger partial charge in [-0.3, -0.25) is 9.59 Å². The van der Waals surface area contributed by atoms with Gasteiger partial charge in [0.25, 0.3) is 5.91 Å². The molecule has 6 heteroatoms. The van der Waals surface area contributed by atoms with Gasteiger partial charge >= 0.3 is 5.97 Å². The normalized spacial score (nSPS) is 11.8. The predicted molar refractivity (Wildman–Crippen MR) is 111 cm³/mol. The second kappa shape index (κ2) is 9.87. The van der Waals surface area contributed by atoms with E-state index in [0.717, 1.165) is 11.1 Å². The summed E-state index contributed by atoms with van der Waals surface area (Å²) in [6, 6.07) is 15.2. The van der Waals surface area contributed by atoms with E-state index in [1.165, 1.54) is 11.9 Å². The van der Waals surface area contributed by atoms with Gasteiger partial charge in [0.05, 0.1) is 0 Å². The van der Waals surface area contributed by atoms with Crippen LogP contribution in [0.4, 0.5) is 0 Å². The highest BCUT2D eigenvalue weighted by molar-refractivity contribution is 5.96.